The number of para-hydroxylation sites is 2. The summed E-state index contributed by atoms with van der Waals surface area (Å²) < 4.78 is 28.4. The molecule has 0 aromatic heterocycles. The molecule has 1 aromatic carbocycles. The highest BCUT2D eigenvalue weighted by atomic mass is 32.2. The summed E-state index contributed by atoms with van der Waals surface area (Å²) in [5.41, 5.74) is 0.503. The molecule has 1 N–H and O–H groups in total. The number of ether oxygens (including phenoxy) is 1. The molecule has 7 nitrogen and oxygen atoms in total. The molecular weight excluding hydrogens is 332 g/mol. The minimum Gasteiger partial charge on any atom is -0.492 e. The number of sulfone groups is 1. The van der Waals surface area contributed by atoms with Gasteiger partial charge >= 0.3 is 0 Å². The smallest absolute Gasteiger partial charge is 0.233 e. The Morgan fingerprint density at radius 1 is 1.33 bits per heavy atom. The van der Waals surface area contributed by atoms with Gasteiger partial charge in [-0.3, -0.25) is 9.59 Å². The number of anilines is 1. The van der Waals surface area contributed by atoms with Crippen LogP contribution in [0.1, 0.15) is 19.8 Å². The summed E-state index contributed by atoms with van der Waals surface area (Å²) in [5, 5.41) is 2.66. The highest BCUT2D eigenvalue weighted by molar-refractivity contribution is 7.91. The predicted molar refractivity (Wildman–Crippen MR) is 90.7 cm³/mol. The molecule has 1 unspecified atom stereocenters. The number of hydrogen-bond acceptors (Lipinski definition) is 5. The Balaban J connectivity index is 1.93. The Morgan fingerprint density at radius 2 is 2.04 bits per heavy atom. The van der Waals surface area contributed by atoms with Gasteiger partial charge < -0.3 is 15.0 Å². The summed E-state index contributed by atoms with van der Waals surface area (Å²) in [6.07, 6.45) is 0.0763. The van der Waals surface area contributed by atoms with Crippen LogP contribution in [-0.4, -0.2) is 56.3 Å². The molecule has 2 rings (SSSR count). The fourth-order valence-electron chi connectivity index (χ4n) is 2.59. The first kappa shape index (κ1) is 18.3. The molecule has 1 heterocycles. The van der Waals surface area contributed by atoms with Gasteiger partial charge in [-0.05, 0) is 25.5 Å². The van der Waals surface area contributed by atoms with Crippen LogP contribution in [0.15, 0.2) is 24.3 Å². The lowest BCUT2D eigenvalue weighted by atomic mass is 10.2. The van der Waals surface area contributed by atoms with Gasteiger partial charge in [0, 0.05) is 13.1 Å². The van der Waals surface area contributed by atoms with Crippen LogP contribution in [-0.2, 0) is 19.4 Å². The molecule has 0 bridgehead atoms. The molecule has 1 aliphatic heterocycles. The van der Waals surface area contributed by atoms with Crippen molar-refractivity contribution >= 4 is 27.3 Å². The largest absolute Gasteiger partial charge is 0.492 e. The van der Waals surface area contributed by atoms with Gasteiger partial charge in [-0.15, -0.1) is 0 Å². The van der Waals surface area contributed by atoms with Gasteiger partial charge in [0.15, 0.2) is 9.84 Å². The van der Waals surface area contributed by atoms with Crippen molar-refractivity contribution in [1.29, 1.82) is 0 Å². The number of nitrogens with one attached hydrogen (secondary N) is 1. The Hall–Kier alpha value is -2.09. The third-order valence-electron chi connectivity index (χ3n) is 3.92. The standard InChI is InChI=1S/C16H22N2O5S/c1-3-23-14-7-5-4-6-13(14)17-15(19)10-16(20)18(2)12-8-9-24(21,22)11-12/h4-7,12H,3,8-11H2,1-2H3,(H,17,19). The van der Waals surface area contributed by atoms with Crippen molar-refractivity contribution in [3.05, 3.63) is 24.3 Å². The normalized spacial score (nSPS) is 18.8. The summed E-state index contributed by atoms with van der Waals surface area (Å²) in [6.45, 7) is 2.30. The van der Waals surface area contributed by atoms with Crippen LogP contribution in [0.5, 0.6) is 5.75 Å². The van der Waals surface area contributed by atoms with E-state index in [0.717, 1.165) is 0 Å². The van der Waals surface area contributed by atoms with E-state index < -0.39 is 21.7 Å². The van der Waals surface area contributed by atoms with E-state index in [1.54, 1.807) is 24.3 Å². The fourth-order valence-corrected chi connectivity index (χ4v) is 4.37. The number of hydrogen-bond donors (Lipinski definition) is 1. The van der Waals surface area contributed by atoms with E-state index in [-0.39, 0.29) is 24.0 Å². The van der Waals surface area contributed by atoms with Crippen LogP contribution in [0.25, 0.3) is 0 Å². The van der Waals surface area contributed by atoms with Gasteiger partial charge in [-0.2, -0.15) is 0 Å². The van der Waals surface area contributed by atoms with E-state index in [9.17, 15) is 18.0 Å². The average molecular weight is 354 g/mol. The summed E-state index contributed by atoms with van der Waals surface area (Å²) in [4.78, 5) is 25.6. The van der Waals surface area contributed by atoms with Crippen molar-refractivity contribution in [3.8, 4) is 5.75 Å². The maximum Gasteiger partial charge on any atom is 0.233 e. The average Bonchev–Trinajstić information content (AvgIpc) is 2.88. The van der Waals surface area contributed by atoms with Crippen molar-refractivity contribution in [1.82, 2.24) is 4.90 Å². The lowest BCUT2D eigenvalue weighted by Gasteiger charge is -2.23. The lowest BCUT2D eigenvalue weighted by Crippen LogP contribution is -2.39. The van der Waals surface area contributed by atoms with E-state index in [2.05, 4.69) is 5.32 Å². The van der Waals surface area contributed by atoms with Crippen LogP contribution < -0.4 is 10.1 Å². The first-order valence-electron chi connectivity index (χ1n) is 7.80. The zero-order valence-corrected chi connectivity index (χ0v) is 14.6. The van der Waals surface area contributed by atoms with Crippen LogP contribution in [0.4, 0.5) is 5.69 Å². The number of rotatable bonds is 6. The highest BCUT2D eigenvalue weighted by Gasteiger charge is 2.33. The lowest BCUT2D eigenvalue weighted by molar-refractivity contribution is -0.134. The molecule has 0 aliphatic carbocycles. The fraction of sp³-hybridized carbons (Fsp3) is 0.500. The molecule has 1 aliphatic rings. The summed E-state index contributed by atoms with van der Waals surface area (Å²) in [5.74, 6) is -0.271. The number of carbonyl (C=O) groups is 2. The first-order chi connectivity index (χ1) is 11.3. The maximum absolute atomic E-state index is 12.2. The van der Waals surface area contributed by atoms with E-state index in [1.807, 2.05) is 6.92 Å². The van der Waals surface area contributed by atoms with E-state index in [1.165, 1.54) is 11.9 Å². The molecule has 8 heteroatoms. The minimum absolute atomic E-state index is 0.0377. The van der Waals surface area contributed by atoms with Crippen molar-refractivity contribution < 1.29 is 22.7 Å². The molecule has 1 saturated heterocycles. The molecule has 24 heavy (non-hydrogen) atoms. The monoisotopic (exact) mass is 354 g/mol. The van der Waals surface area contributed by atoms with Gasteiger partial charge in [-0.1, -0.05) is 12.1 Å². The quantitative estimate of drug-likeness (QED) is 0.771. The van der Waals surface area contributed by atoms with Gasteiger partial charge in [0.2, 0.25) is 11.8 Å². The third kappa shape index (κ3) is 4.70. The molecule has 0 saturated carbocycles. The Morgan fingerprint density at radius 3 is 2.67 bits per heavy atom. The van der Waals surface area contributed by atoms with E-state index in [0.29, 0.717) is 24.5 Å². The summed E-state index contributed by atoms with van der Waals surface area (Å²) in [6, 6.07) is 6.62. The first-order valence-corrected chi connectivity index (χ1v) is 9.62. The number of benzene rings is 1. The van der Waals surface area contributed by atoms with Crippen molar-refractivity contribution in [3.63, 3.8) is 0 Å². The zero-order chi connectivity index (χ0) is 17.7. The number of carbonyl (C=O) groups excluding carboxylic acids is 2. The highest BCUT2D eigenvalue weighted by Crippen LogP contribution is 2.24. The second-order valence-electron chi connectivity index (χ2n) is 5.72. The summed E-state index contributed by atoms with van der Waals surface area (Å²) in [7, 11) is -1.54. The predicted octanol–water partition coefficient (Wildman–Crippen LogP) is 1.06. The Labute approximate surface area is 141 Å². The third-order valence-corrected chi connectivity index (χ3v) is 5.67. The Kier molecular flexibility index (Phi) is 5.82. The Bertz CT molecular complexity index is 717. The van der Waals surface area contributed by atoms with Crippen molar-refractivity contribution in [2.45, 2.75) is 25.8 Å². The molecule has 2 amide bonds. The number of amides is 2. The van der Waals surface area contributed by atoms with Crippen LogP contribution in [0, 0.1) is 0 Å². The van der Waals surface area contributed by atoms with Gasteiger partial charge in [-0.25, -0.2) is 8.42 Å². The second-order valence-corrected chi connectivity index (χ2v) is 7.94. The molecule has 1 aromatic rings. The SMILES string of the molecule is CCOc1ccccc1NC(=O)CC(=O)N(C)C1CCS(=O)(=O)C1. The molecular formula is C16H22N2O5S. The van der Waals surface area contributed by atoms with E-state index in [4.69, 9.17) is 4.74 Å². The van der Waals surface area contributed by atoms with E-state index >= 15 is 0 Å². The van der Waals surface area contributed by atoms with Crippen molar-refractivity contribution in [2.24, 2.45) is 0 Å². The molecule has 0 radical (unpaired) electrons. The van der Waals surface area contributed by atoms with Crippen LogP contribution in [0.3, 0.4) is 0 Å². The van der Waals surface area contributed by atoms with Crippen LogP contribution in [0.2, 0.25) is 0 Å². The zero-order valence-electron chi connectivity index (χ0n) is 13.8. The summed E-state index contributed by atoms with van der Waals surface area (Å²) >= 11 is 0. The molecule has 0 spiro atoms. The molecule has 132 valence electrons. The molecule has 1 atom stereocenters. The maximum atomic E-state index is 12.2. The topological polar surface area (TPSA) is 92.8 Å². The minimum atomic E-state index is -3.07. The van der Waals surface area contributed by atoms with Crippen molar-refractivity contribution in [2.75, 3.05) is 30.5 Å². The van der Waals surface area contributed by atoms with Gasteiger partial charge in [0.1, 0.15) is 12.2 Å². The van der Waals surface area contributed by atoms with Gasteiger partial charge in [0.05, 0.1) is 23.8 Å². The molecule has 1 fully saturated rings. The number of nitrogens with zero attached hydrogens (tertiary/aromatic N) is 1. The van der Waals surface area contributed by atoms with Gasteiger partial charge in [0.25, 0.3) is 0 Å². The second kappa shape index (κ2) is 7.65. The van der Waals surface area contributed by atoms with Crippen LogP contribution >= 0.6 is 0 Å².